The number of carbonyl (C=O) groups is 1. The van der Waals surface area contributed by atoms with E-state index in [4.69, 9.17) is 0 Å². The lowest BCUT2D eigenvalue weighted by Crippen LogP contribution is -2.17. The third-order valence-electron chi connectivity index (χ3n) is 2.19. The van der Waals surface area contributed by atoms with E-state index in [1.807, 2.05) is 0 Å². The van der Waals surface area contributed by atoms with Gasteiger partial charge in [-0.2, -0.15) is 10.2 Å². The monoisotopic (exact) mass is 244 g/mol. The maximum absolute atomic E-state index is 11.6. The molecule has 2 rings (SSSR count). The van der Waals surface area contributed by atoms with Crippen LogP contribution in [0.5, 0.6) is 5.75 Å². The number of phenolic OH excluding ortho intramolecular Hbond substituents is 1. The first kappa shape index (κ1) is 11.8. The van der Waals surface area contributed by atoms with E-state index in [0.717, 1.165) is 5.69 Å². The van der Waals surface area contributed by atoms with Crippen molar-refractivity contribution in [1.82, 2.24) is 15.6 Å². The summed E-state index contributed by atoms with van der Waals surface area (Å²) in [7, 11) is 0. The second-order valence-electron chi connectivity index (χ2n) is 3.73. The Morgan fingerprint density at radius 2 is 2.33 bits per heavy atom. The maximum atomic E-state index is 11.6. The number of amides is 1. The normalized spacial score (nSPS) is 10.7. The van der Waals surface area contributed by atoms with Crippen LogP contribution in [0.4, 0.5) is 0 Å². The van der Waals surface area contributed by atoms with Crippen LogP contribution in [0.25, 0.3) is 0 Å². The van der Waals surface area contributed by atoms with Crippen molar-refractivity contribution < 1.29 is 9.90 Å². The Kier molecular flexibility index (Phi) is 3.38. The molecule has 0 bridgehead atoms. The Morgan fingerprint density at radius 3 is 3.00 bits per heavy atom. The number of benzene rings is 1. The maximum Gasteiger partial charge on any atom is 0.291 e. The molecular weight excluding hydrogens is 232 g/mol. The molecule has 0 aliphatic heterocycles. The Hall–Kier alpha value is -2.63. The molecule has 0 atom stereocenters. The van der Waals surface area contributed by atoms with Crippen molar-refractivity contribution in [3.8, 4) is 5.75 Å². The van der Waals surface area contributed by atoms with Crippen LogP contribution in [0.3, 0.4) is 0 Å². The van der Waals surface area contributed by atoms with Crippen molar-refractivity contribution >= 4 is 12.1 Å². The molecule has 6 heteroatoms. The van der Waals surface area contributed by atoms with Crippen molar-refractivity contribution in [1.29, 1.82) is 0 Å². The molecule has 0 aliphatic carbocycles. The largest absolute Gasteiger partial charge is 0.508 e. The van der Waals surface area contributed by atoms with Gasteiger partial charge in [-0.05, 0) is 30.7 Å². The summed E-state index contributed by atoms with van der Waals surface area (Å²) < 4.78 is 0. The van der Waals surface area contributed by atoms with Gasteiger partial charge in [-0.3, -0.25) is 9.89 Å². The zero-order valence-electron chi connectivity index (χ0n) is 9.71. The first-order valence-electron chi connectivity index (χ1n) is 5.29. The number of hydrogen-bond donors (Lipinski definition) is 3. The molecule has 0 saturated carbocycles. The Morgan fingerprint density at radius 1 is 1.50 bits per heavy atom. The highest BCUT2D eigenvalue weighted by Gasteiger charge is 2.07. The lowest BCUT2D eigenvalue weighted by molar-refractivity contribution is 0.0950. The van der Waals surface area contributed by atoms with Crippen LogP contribution in [-0.2, 0) is 0 Å². The molecule has 0 saturated heterocycles. The predicted molar refractivity (Wildman–Crippen MR) is 66.5 cm³/mol. The number of carbonyl (C=O) groups excluding carboxylic acids is 1. The second-order valence-corrected chi connectivity index (χ2v) is 3.73. The average Bonchev–Trinajstić information content (AvgIpc) is 2.76. The lowest BCUT2D eigenvalue weighted by Gasteiger charge is -1.96. The quantitative estimate of drug-likeness (QED) is 0.559. The minimum atomic E-state index is -0.393. The molecule has 1 amide bonds. The molecule has 3 N–H and O–H groups in total. The number of aromatic nitrogens is 2. The molecule has 0 radical (unpaired) electrons. The number of aryl methyl sites for hydroxylation is 1. The van der Waals surface area contributed by atoms with E-state index in [2.05, 4.69) is 20.7 Å². The number of nitrogens with zero attached hydrogens (tertiary/aromatic N) is 2. The fraction of sp³-hybridized carbons (Fsp3) is 0.0833. The number of aromatic hydroxyl groups is 1. The van der Waals surface area contributed by atoms with Gasteiger partial charge in [0.2, 0.25) is 0 Å². The van der Waals surface area contributed by atoms with Crippen LogP contribution >= 0.6 is 0 Å². The van der Waals surface area contributed by atoms with Gasteiger partial charge in [-0.1, -0.05) is 12.1 Å². The minimum Gasteiger partial charge on any atom is -0.508 e. The van der Waals surface area contributed by atoms with Gasteiger partial charge in [0.1, 0.15) is 5.75 Å². The van der Waals surface area contributed by atoms with E-state index in [1.54, 1.807) is 31.2 Å². The zero-order valence-corrected chi connectivity index (χ0v) is 9.71. The standard InChI is InChI=1S/C12H12N4O2/c1-8-5-11(15-14-8)12(18)16-13-7-9-3-2-4-10(17)6-9/h2-7,17H,1H3,(H,14,15)(H,16,18). The Bertz CT molecular complexity index is 589. The number of nitrogens with one attached hydrogen (secondary N) is 2. The van der Waals surface area contributed by atoms with Crippen LogP contribution in [0.15, 0.2) is 35.4 Å². The number of H-pyrrole nitrogens is 1. The summed E-state index contributed by atoms with van der Waals surface area (Å²) in [5.74, 6) is -0.246. The highest BCUT2D eigenvalue weighted by atomic mass is 16.3. The third kappa shape index (κ3) is 2.94. The minimum absolute atomic E-state index is 0.146. The van der Waals surface area contributed by atoms with Crippen molar-refractivity contribution in [2.75, 3.05) is 0 Å². The molecule has 0 fully saturated rings. The molecule has 0 spiro atoms. The molecular formula is C12H12N4O2. The second kappa shape index (κ2) is 5.13. The third-order valence-corrected chi connectivity index (χ3v) is 2.19. The van der Waals surface area contributed by atoms with Gasteiger partial charge in [0.05, 0.1) is 6.21 Å². The fourth-order valence-corrected chi connectivity index (χ4v) is 1.36. The topological polar surface area (TPSA) is 90.4 Å². The Labute approximate surface area is 103 Å². The van der Waals surface area contributed by atoms with Gasteiger partial charge < -0.3 is 5.11 Å². The summed E-state index contributed by atoms with van der Waals surface area (Å²) in [4.78, 5) is 11.6. The van der Waals surface area contributed by atoms with Crippen LogP contribution in [0.2, 0.25) is 0 Å². The molecule has 1 heterocycles. The van der Waals surface area contributed by atoms with E-state index in [1.165, 1.54) is 12.3 Å². The van der Waals surface area contributed by atoms with E-state index in [-0.39, 0.29) is 11.4 Å². The number of hydrogen-bond acceptors (Lipinski definition) is 4. The van der Waals surface area contributed by atoms with Crippen molar-refractivity contribution in [2.45, 2.75) is 6.92 Å². The number of phenols is 1. The summed E-state index contributed by atoms with van der Waals surface area (Å²) in [5.41, 5.74) is 4.12. The summed E-state index contributed by atoms with van der Waals surface area (Å²) in [6.07, 6.45) is 1.44. The van der Waals surface area contributed by atoms with Crippen LogP contribution < -0.4 is 5.43 Å². The Balaban J connectivity index is 1.97. The number of aromatic amines is 1. The molecule has 1 aromatic carbocycles. The van der Waals surface area contributed by atoms with Crippen molar-refractivity contribution in [3.63, 3.8) is 0 Å². The average molecular weight is 244 g/mol. The summed E-state index contributed by atoms with van der Waals surface area (Å²) >= 11 is 0. The van der Waals surface area contributed by atoms with Gasteiger partial charge >= 0.3 is 0 Å². The van der Waals surface area contributed by atoms with Gasteiger partial charge in [0.25, 0.3) is 5.91 Å². The fourth-order valence-electron chi connectivity index (χ4n) is 1.36. The highest BCUT2D eigenvalue weighted by Crippen LogP contribution is 2.08. The predicted octanol–water partition coefficient (Wildman–Crippen LogP) is 1.19. The lowest BCUT2D eigenvalue weighted by atomic mass is 10.2. The van der Waals surface area contributed by atoms with Crippen LogP contribution in [-0.4, -0.2) is 27.4 Å². The summed E-state index contributed by atoms with van der Waals surface area (Å²) in [5, 5.41) is 19.5. The van der Waals surface area contributed by atoms with Gasteiger partial charge in [-0.15, -0.1) is 0 Å². The van der Waals surface area contributed by atoms with Gasteiger partial charge in [0, 0.05) is 5.69 Å². The SMILES string of the molecule is Cc1cc(C(=O)NN=Cc2cccc(O)c2)n[nH]1. The zero-order chi connectivity index (χ0) is 13.0. The number of rotatable bonds is 3. The highest BCUT2D eigenvalue weighted by molar-refractivity contribution is 5.93. The smallest absolute Gasteiger partial charge is 0.291 e. The summed E-state index contributed by atoms with van der Waals surface area (Å²) in [6.45, 7) is 1.81. The van der Waals surface area contributed by atoms with Gasteiger partial charge in [-0.25, -0.2) is 5.43 Å². The first-order chi connectivity index (χ1) is 8.65. The molecule has 18 heavy (non-hydrogen) atoms. The first-order valence-corrected chi connectivity index (χ1v) is 5.29. The molecule has 0 unspecified atom stereocenters. The van der Waals surface area contributed by atoms with Crippen LogP contribution in [0, 0.1) is 6.92 Å². The summed E-state index contributed by atoms with van der Waals surface area (Å²) in [6, 6.07) is 8.17. The van der Waals surface area contributed by atoms with Crippen molar-refractivity contribution in [3.05, 3.63) is 47.3 Å². The molecule has 2 aromatic rings. The van der Waals surface area contributed by atoms with E-state index >= 15 is 0 Å². The van der Waals surface area contributed by atoms with Crippen LogP contribution in [0.1, 0.15) is 21.7 Å². The van der Waals surface area contributed by atoms with E-state index in [0.29, 0.717) is 5.56 Å². The van der Waals surface area contributed by atoms with E-state index < -0.39 is 5.91 Å². The molecule has 1 aromatic heterocycles. The molecule has 92 valence electrons. The van der Waals surface area contributed by atoms with Crippen molar-refractivity contribution in [2.24, 2.45) is 5.10 Å². The van der Waals surface area contributed by atoms with Gasteiger partial charge in [0.15, 0.2) is 5.69 Å². The molecule has 6 nitrogen and oxygen atoms in total. The molecule has 0 aliphatic rings. The van der Waals surface area contributed by atoms with E-state index in [9.17, 15) is 9.90 Å². The number of hydrazone groups is 1.